The second kappa shape index (κ2) is 7.07. The Morgan fingerprint density at radius 1 is 1.21 bits per heavy atom. The highest BCUT2D eigenvalue weighted by Gasteiger charge is 2.38. The van der Waals surface area contributed by atoms with Gasteiger partial charge in [0.1, 0.15) is 5.76 Å². The summed E-state index contributed by atoms with van der Waals surface area (Å²) in [4.78, 5) is 8.70. The molecule has 1 aliphatic carbocycles. The molecule has 24 heavy (non-hydrogen) atoms. The molecule has 1 fully saturated rings. The van der Waals surface area contributed by atoms with E-state index in [1.165, 1.54) is 24.8 Å². The van der Waals surface area contributed by atoms with Gasteiger partial charge < -0.3 is 15.1 Å². The predicted molar refractivity (Wildman–Crippen MR) is 96.1 cm³/mol. The monoisotopic (exact) mass is 326 g/mol. The minimum Gasteiger partial charge on any atom is -0.444 e. The third-order valence-corrected chi connectivity index (χ3v) is 4.99. The maximum atomic E-state index is 5.60. The van der Waals surface area contributed by atoms with Crippen LogP contribution in [0.5, 0.6) is 0 Å². The number of aromatic nitrogens is 1. The molecular formula is C19H26N4O. The first-order valence-corrected chi connectivity index (χ1v) is 8.56. The van der Waals surface area contributed by atoms with Gasteiger partial charge in [-0.1, -0.05) is 36.8 Å². The largest absolute Gasteiger partial charge is 0.444 e. The quantitative estimate of drug-likeness (QED) is 0.655. The molecule has 0 saturated heterocycles. The average Bonchev–Trinajstić information content (AvgIpc) is 2.88. The molecule has 5 nitrogen and oxygen atoms in total. The summed E-state index contributed by atoms with van der Waals surface area (Å²) >= 11 is 0. The molecule has 5 heteroatoms. The van der Waals surface area contributed by atoms with Gasteiger partial charge in [0.25, 0.3) is 0 Å². The van der Waals surface area contributed by atoms with Crippen LogP contribution in [0.3, 0.4) is 0 Å². The summed E-state index contributed by atoms with van der Waals surface area (Å²) in [7, 11) is 1.79. The van der Waals surface area contributed by atoms with Gasteiger partial charge in [-0.25, -0.2) is 4.98 Å². The Hall–Kier alpha value is -2.30. The summed E-state index contributed by atoms with van der Waals surface area (Å²) in [5.74, 6) is 2.34. The lowest BCUT2D eigenvalue weighted by atomic mass is 9.64. The van der Waals surface area contributed by atoms with Crippen molar-refractivity contribution in [1.82, 2.24) is 15.6 Å². The summed E-state index contributed by atoms with van der Waals surface area (Å²) < 4.78 is 5.60. The van der Waals surface area contributed by atoms with Crippen molar-refractivity contribution in [3.05, 3.63) is 53.2 Å². The normalized spacial score (nSPS) is 16.5. The molecule has 1 saturated carbocycles. The van der Waals surface area contributed by atoms with Gasteiger partial charge in [-0.3, -0.25) is 4.99 Å². The smallest absolute Gasteiger partial charge is 0.214 e. The van der Waals surface area contributed by atoms with Crippen LogP contribution in [-0.2, 0) is 12.0 Å². The van der Waals surface area contributed by atoms with Crippen LogP contribution in [0, 0.1) is 13.8 Å². The molecular weight excluding hydrogens is 300 g/mol. The number of rotatable bonds is 5. The highest BCUT2D eigenvalue weighted by Crippen LogP contribution is 2.43. The van der Waals surface area contributed by atoms with Crippen LogP contribution in [0.15, 0.2) is 39.7 Å². The zero-order valence-electron chi connectivity index (χ0n) is 14.7. The molecule has 3 rings (SSSR count). The molecule has 0 atom stereocenters. The Bertz CT molecular complexity index is 682. The van der Waals surface area contributed by atoms with Crippen molar-refractivity contribution in [2.45, 2.75) is 45.1 Å². The number of nitrogens with one attached hydrogen (secondary N) is 2. The minimum atomic E-state index is 0.231. The van der Waals surface area contributed by atoms with Crippen LogP contribution in [0.2, 0.25) is 0 Å². The van der Waals surface area contributed by atoms with Gasteiger partial charge in [-0.05, 0) is 32.3 Å². The number of nitrogens with zero attached hydrogens (tertiary/aromatic N) is 2. The van der Waals surface area contributed by atoms with Crippen molar-refractivity contribution in [2.24, 2.45) is 4.99 Å². The molecule has 2 aromatic rings. The fourth-order valence-corrected chi connectivity index (χ4v) is 3.21. The van der Waals surface area contributed by atoms with Crippen molar-refractivity contribution >= 4 is 5.96 Å². The fourth-order valence-electron chi connectivity index (χ4n) is 3.21. The van der Waals surface area contributed by atoms with E-state index in [2.05, 4.69) is 50.9 Å². The number of aliphatic imine (C=N–C) groups is 1. The van der Waals surface area contributed by atoms with Crippen LogP contribution >= 0.6 is 0 Å². The van der Waals surface area contributed by atoms with Gasteiger partial charge in [0.05, 0.1) is 12.2 Å². The van der Waals surface area contributed by atoms with Crippen LogP contribution in [-0.4, -0.2) is 24.5 Å². The zero-order chi connectivity index (χ0) is 17.0. The van der Waals surface area contributed by atoms with E-state index in [-0.39, 0.29) is 5.41 Å². The van der Waals surface area contributed by atoms with Crippen molar-refractivity contribution in [3.8, 4) is 0 Å². The molecule has 2 N–H and O–H groups in total. The van der Waals surface area contributed by atoms with Crippen molar-refractivity contribution in [1.29, 1.82) is 0 Å². The van der Waals surface area contributed by atoms with Crippen LogP contribution in [0.1, 0.15) is 42.2 Å². The number of oxazole rings is 1. The Labute approximate surface area is 143 Å². The van der Waals surface area contributed by atoms with E-state index < -0.39 is 0 Å². The van der Waals surface area contributed by atoms with Gasteiger partial charge in [-0.15, -0.1) is 0 Å². The molecule has 1 aromatic heterocycles. The standard InChI is InChI=1S/C19H26N4O/c1-14-15(2)24-17(23-14)12-21-18(20-3)22-13-19(10-7-11-19)16-8-5-4-6-9-16/h4-6,8-9H,7,10-13H2,1-3H3,(H2,20,21,22). The molecule has 0 radical (unpaired) electrons. The van der Waals surface area contributed by atoms with Gasteiger partial charge in [-0.2, -0.15) is 0 Å². The first kappa shape index (κ1) is 16.6. The molecule has 0 spiro atoms. The minimum absolute atomic E-state index is 0.231. The van der Waals surface area contributed by atoms with Crippen LogP contribution in [0.25, 0.3) is 0 Å². The van der Waals surface area contributed by atoms with E-state index in [0.717, 1.165) is 24.0 Å². The lowest BCUT2D eigenvalue weighted by Gasteiger charge is -2.43. The van der Waals surface area contributed by atoms with E-state index in [0.29, 0.717) is 12.4 Å². The number of guanidine groups is 1. The van der Waals surface area contributed by atoms with Gasteiger partial charge in [0.15, 0.2) is 5.96 Å². The van der Waals surface area contributed by atoms with E-state index in [4.69, 9.17) is 4.42 Å². The molecule has 128 valence electrons. The van der Waals surface area contributed by atoms with Crippen LogP contribution < -0.4 is 10.6 Å². The van der Waals surface area contributed by atoms with Crippen molar-refractivity contribution in [3.63, 3.8) is 0 Å². The maximum absolute atomic E-state index is 5.60. The summed E-state index contributed by atoms with van der Waals surface area (Å²) in [6.07, 6.45) is 3.73. The SMILES string of the molecule is CN=C(NCc1nc(C)c(C)o1)NCC1(c2ccccc2)CCC1. The Morgan fingerprint density at radius 3 is 2.50 bits per heavy atom. The topological polar surface area (TPSA) is 62.5 Å². The van der Waals surface area contributed by atoms with Gasteiger partial charge in [0.2, 0.25) is 5.89 Å². The van der Waals surface area contributed by atoms with E-state index in [1.54, 1.807) is 7.05 Å². The lowest BCUT2D eigenvalue weighted by Crippen LogP contribution is -2.48. The maximum Gasteiger partial charge on any atom is 0.214 e. The molecule has 0 amide bonds. The van der Waals surface area contributed by atoms with Gasteiger partial charge in [0, 0.05) is 19.0 Å². The molecule has 0 unspecified atom stereocenters. The van der Waals surface area contributed by atoms with Gasteiger partial charge >= 0.3 is 0 Å². The Kier molecular flexibility index (Phi) is 4.88. The Balaban J connectivity index is 1.57. The number of benzene rings is 1. The lowest BCUT2D eigenvalue weighted by molar-refractivity contribution is 0.243. The third-order valence-electron chi connectivity index (χ3n) is 4.99. The second-order valence-corrected chi connectivity index (χ2v) is 6.53. The fraction of sp³-hybridized carbons (Fsp3) is 0.474. The van der Waals surface area contributed by atoms with Crippen molar-refractivity contribution < 1.29 is 4.42 Å². The molecule has 1 heterocycles. The third kappa shape index (κ3) is 3.45. The highest BCUT2D eigenvalue weighted by molar-refractivity contribution is 5.79. The van der Waals surface area contributed by atoms with E-state index in [9.17, 15) is 0 Å². The average molecular weight is 326 g/mol. The molecule has 0 aliphatic heterocycles. The van der Waals surface area contributed by atoms with E-state index in [1.807, 2.05) is 13.8 Å². The zero-order valence-corrected chi connectivity index (χ0v) is 14.7. The first-order valence-electron chi connectivity index (χ1n) is 8.56. The Morgan fingerprint density at radius 2 is 1.96 bits per heavy atom. The van der Waals surface area contributed by atoms with Crippen LogP contribution in [0.4, 0.5) is 0 Å². The number of hydrogen-bond acceptors (Lipinski definition) is 3. The second-order valence-electron chi connectivity index (χ2n) is 6.53. The predicted octanol–water partition coefficient (Wildman–Crippen LogP) is 3.08. The first-order chi connectivity index (χ1) is 11.6. The molecule has 0 bridgehead atoms. The highest BCUT2D eigenvalue weighted by atomic mass is 16.4. The summed E-state index contributed by atoms with van der Waals surface area (Å²) in [5.41, 5.74) is 2.58. The van der Waals surface area contributed by atoms with E-state index >= 15 is 0 Å². The number of hydrogen-bond donors (Lipinski definition) is 2. The number of aryl methyl sites for hydroxylation is 2. The summed E-state index contributed by atoms with van der Waals surface area (Å²) in [5, 5.41) is 6.75. The van der Waals surface area contributed by atoms with Crippen molar-refractivity contribution in [2.75, 3.05) is 13.6 Å². The molecule has 1 aliphatic rings. The summed E-state index contributed by atoms with van der Waals surface area (Å²) in [6.45, 7) is 5.31. The molecule has 1 aromatic carbocycles. The summed E-state index contributed by atoms with van der Waals surface area (Å²) in [6, 6.07) is 10.8.